The number of aromatic nitrogens is 1. The van der Waals surface area contributed by atoms with Gasteiger partial charge in [0.1, 0.15) is 16.5 Å². The molecule has 0 radical (unpaired) electrons. The fraction of sp³-hybridized carbons (Fsp3) is 0.273. The maximum absolute atomic E-state index is 12.9. The molecule has 0 amide bonds. The van der Waals surface area contributed by atoms with Gasteiger partial charge in [-0.1, -0.05) is 18.7 Å². The van der Waals surface area contributed by atoms with E-state index in [1.54, 1.807) is 32.4 Å². The monoisotopic (exact) mass is 411 g/mol. The number of carbonyl (C=O) groups excluding carboxylic acids is 1. The summed E-state index contributed by atoms with van der Waals surface area (Å²) in [5.41, 5.74) is 2.41. The Morgan fingerprint density at radius 3 is 2.62 bits per heavy atom. The van der Waals surface area contributed by atoms with Gasteiger partial charge in [0.2, 0.25) is 6.79 Å². The van der Waals surface area contributed by atoms with Crippen LogP contribution in [-0.2, 0) is 6.42 Å². The Morgan fingerprint density at radius 2 is 1.90 bits per heavy atom. The van der Waals surface area contributed by atoms with Gasteiger partial charge in [0.05, 0.1) is 31.1 Å². The zero-order chi connectivity index (χ0) is 20.4. The van der Waals surface area contributed by atoms with Gasteiger partial charge in [-0.25, -0.2) is 4.98 Å². The number of Topliss-reactive ketones (excluding diaryl/α,β-unsaturated/α-hetero) is 1. The summed E-state index contributed by atoms with van der Waals surface area (Å²) < 4.78 is 21.5. The number of ketones is 1. The first-order chi connectivity index (χ1) is 14.1. The van der Waals surface area contributed by atoms with Gasteiger partial charge in [-0.3, -0.25) is 4.79 Å². The van der Waals surface area contributed by atoms with Gasteiger partial charge in [-0.15, -0.1) is 0 Å². The lowest BCUT2D eigenvalue weighted by Gasteiger charge is -2.11. The van der Waals surface area contributed by atoms with Crippen molar-refractivity contribution in [2.75, 3.05) is 26.8 Å². The van der Waals surface area contributed by atoms with Crippen LogP contribution in [0.5, 0.6) is 23.0 Å². The van der Waals surface area contributed by atoms with Crippen molar-refractivity contribution in [3.05, 3.63) is 47.5 Å². The molecule has 0 spiro atoms. The first kappa shape index (κ1) is 19.4. The highest BCUT2D eigenvalue weighted by atomic mass is 32.2. The molecule has 1 aromatic heterocycles. The number of ether oxygens (including phenoxy) is 4. The molecule has 1 aliphatic heterocycles. The second-order valence-electron chi connectivity index (χ2n) is 6.48. The summed E-state index contributed by atoms with van der Waals surface area (Å²) in [6.07, 6.45) is 0.816. The fourth-order valence-electron chi connectivity index (χ4n) is 3.21. The molecule has 150 valence electrons. The van der Waals surface area contributed by atoms with Gasteiger partial charge in [0, 0.05) is 11.5 Å². The number of pyridine rings is 1. The highest BCUT2D eigenvalue weighted by Crippen LogP contribution is 2.37. The van der Waals surface area contributed by atoms with Crippen molar-refractivity contribution in [1.29, 1.82) is 0 Å². The molecule has 0 fully saturated rings. The average molecular weight is 411 g/mol. The number of rotatable bonds is 7. The molecular formula is C22H21NO5S. The number of fused-ring (bicyclic) bond motifs is 2. The standard InChI is InChI=1S/C22H21NO5S/c1-4-13-7-14-8-20-21(28-12-27-20)10-17(14)23-22(13)29-11-18(24)16-9-15(25-2)5-6-19(16)26-3/h5-10H,4,11-12H2,1-3H3. The van der Waals surface area contributed by atoms with Crippen LogP contribution in [0.15, 0.2) is 41.4 Å². The van der Waals surface area contributed by atoms with E-state index in [-0.39, 0.29) is 18.3 Å². The SMILES string of the molecule is CCc1cc2cc3c(cc2nc1SCC(=O)c1cc(OC)ccc1OC)OCO3. The summed E-state index contributed by atoms with van der Waals surface area (Å²) in [5.74, 6) is 2.80. The van der Waals surface area contributed by atoms with Crippen LogP contribution in [0, 0.1) is 0 Å². The molecule has 2 aromatic carbocycles. The molecule has 0 saturated carbocycles. The van der Waals surface area contributed by atoms with E-state index in [0.29, 0.717) is 22.8 Å². The molecule has 1 aliphatic rings. The van der Waals surface area contributed by atoms with Gasteiger partial charge < -0.3 is 18.9 Å². The highest BCUT2D eigenvalue weighted by Gasteiger charge is 2.18. The number of thioether (sulfide) groups is 1. The first-order valence-electron chi connectivity index (χ1n) is 9.24. The van der Waals surface area contributed by atoms with Gasteiger partial charge in [0.15, 0.2) is 17.3 Å². The first-order valence-corrected chi connectivity index (χ1v) is 10.2. The van der Waals surface area contributed by atoms with Crippen LogP contribution in [0.4, 0.5) is 0 Å². The number of methoxy groups -OCH3 is 2. The molecule has 4 rings (SSSR count). The molecule has 0 aliphatic carbocycles. The van der Waals surface area contributed by atoms with Crippen molar-refractivity contribution < 1.29 is 23.7 Å². The molecule has 3 aromatic rings. The molecule has 0 N–H and O–H groups in total. The zero-order valence-corrected chi connectivity index (χ0v) is 17.3. The van der Waals surface area contributed by atoms with E-state index in [1.807, 2.05) is 12.1 Å². The second kappa shape index (κ2) is 8.21. The molecule has 0 saturated heterocycles. The lowest BCUT2D eigenvalue weighted by atomic mass is 10.1. The largest absolute Gasteiger partial charge is 0.497 e. The average Bonchev–Trinajstić information content (AvgIpc) is 3.21. The van der Waals surface area contributed by atoms with E-state index in [2.05, 4.69) is 13.0 Å². The van der Waals surface area contributed by atoms with Crippen LogP contribution in [0.2, 0.25) is 0 Å². The number of hydrogen-bond donors (Lipinski definition) is 0. The Labute approximate surface area is 173 Å². The number of hydrogen-bond acceptors (Lipinski definition) is 7. The third kappa shape index (κ3) is 3.82. The van der Waals surface area contributed by atoms with Crippen LogP contribution in [0.25, 0.3) is 10.9 Å². The van der Waals surface area contributed by atoms with Crippen LogP contribution in [0.1, 0.15) is 22.8 Å². The molecule has 0 atom stereocenters. The summed E-state index contributed by atoms with van der Waals surface area (Å²) in [5, 5.41) is 1.84. The van der Waals surface area contributed by atoms with Crippen LogP contribution < -0.4 is 18.9 Å². The van der Waals surface area contributed by atoms with Crippen LogP contribution in [0.3, 0.4) is 0 Å². The van der Waals surface area contributed by atoms with E-state index >= 15 is 0 Å². The Balaban J connectivity index is 1.61. The van der Waals surface area contributed by atoms with E-state index in [1.165, 1.54) is 11.8 Å². The van der Waals surface area contributed by atoms with Gasteiger partial charge in [0.25, 0.3) is 0 Å². The van der Waals surface area contributed by atoms with Crippen molar-refractivity contribution in [2.45, 2.75) is 18.4 Å². The molecule has 7 heteroatoms. The van der Waals surface area contributed by atoms with Crippen molar-refractivity contribution in [3.8, 4) is 23.0 Å². The quantitative estimate of drug-likeness (QED) is 0.418. The summed E-state index contributed by atoms with van der Waals surface area (Å²) in [7, 11) is 3.12. The Hall–Kier alpha value is -2.93. The maximum atomic E-state index is 12.9. The molecular weight excluding hydrogens is 390 g/mol. The summed E-state index contributed by atoms with van der Waals surface area (Å²) in [6.45, 7) is 2.30. The maximum Gasteiger partial charge on any atom is 0.231 e. The van der Waals surface area contributed by atoms with Crippen LogP contribution >= 0.6 is 11.8 Å². The molecule has 2 heterocycles. The topological polar surface area (TPSA) is 66.9 Å². The van der Waals surface area contributed by atoms with Crippen molar-refractivity contribution >= 4 is 28.4 Å². The summed E-state index contributed by atoms with van der Waals surface area (Å²) in [6, 6.07) is 11.1. The summed E-state index contributed by atoms with van der Waals surface area (Å²) in [4.78, 5) is 17.6. The van der Waals surface area contributed by atoms with Crippen molar-refractivity contribution in [2.24, 2.45) is 0 Å². The van der Waals surface area contributed by atoms with Crippen molar-refractivity contribution in [3.63, 3.8) is 0 Å². The molecule has 29 heavy (non-hydrogen) atoms. The Bertz CT molecular complexity index is 1080. The highest BCUT2D eigenvalue weighted by molar-refractivity contribution is 8.00. The van der Waals surface area contributed by atoms with E-state index in [9.17, 15) is 4.79 Å². The third-order valence-electron chi connectivity index (χ3n) is 4.78. The van der Waals surface area contributed by atoms with E-state index in [4.69, 9.17) is 23.9 Å². The fourth-order valence-corrected chi connectivity index (χ4v) is 4.19. The molecule has 0 bridgehead atoms. The van der Waals surface area contributed by atoms with E-state index < -0.39 is 0 Å². The predicted molar refractivity (Wildman–Crippen MR) is 112 cm³/mol. The number of nitrogens with zero attached hydrogens (tertiary/aromatic N) is 1. The minimum Gasteiger partial charge on any atom is -0.497 e. The minimum absolute atomic E-state index is 0.0413. The van der Waals surface area contributed by atoms with Gasteiger partial charge in [-0.2, -0.15) is 0 Å². The lowest BCUT2D eigenvalue weighted by molar-refractivity contribution is 0.101. The number of benzene rings is 2. The normalized spacial score (nSPS) is 12.2. The summed E-state index contributed by atoms with van der Waals surface area (Å²) >= 11 is 1.43. The Kier molecular flexibility index (Phi) is 5.49. The lowest BCUT2D eigenvalue weighted by Crippen LogP contribution is -2.06. The third-order valence-corrected chi connectivity index (χ3v) is 5.81. The molecule has 0 unspecified atom stereocenters. The predicted octanol–water partition coefficient (Wildman–Crippen LogP) is 4.52. The zero-order valence-electron chi connectivity index (χ0n) is 16.5. The minimum atomic E-state index is -0.0413. The van der Waals surface area contributed by atoms with Crippen molar-refractivity contribution in [1.82, 2.24) is 4.98 Å². The van der Waals surface area contributed by atoms with E-state index in [0.717, 1.165) is 33.7 Å². The second-order valence-corrected chi connectivity index (χ2v) is 7.45. The Morgan fingerprint density at radius 1 is 1.10 bits per heavy atom. The van der Waals surface area contributed by atoms with Crippen LogP contribution in [-0.4, -0.2) is 37.5 Å². The number of carbonyl (C=O) groups is 1. The van der Waals surface area contributed by atoms with Gasteiger partial charge in [-0.05, 0) is 42.3 Å². The number of aryl methyl sites for hydroxylation is 1. The van der Waals surface area contributed by atoms with Gasteiger partial charge >= 0.3 is 0 Å². The smallest absolute Gasteiger partial charge is 0.231 e. The molecule has 6 nitrogen and oxygen atoms in total.